The molecule has 0 amide bonds. The van der Waals surface area contributed by atoms with Crippen molar-refractivity contribution in [2.75, 3.05) is 0 Å². The summed E-state index contributed by atoms with van der Waals surface area (Å²) in [6.45, 7) is 0. The number of alkyl halides is 20. The Kier molecular flexibility index (Phi) is 10.1. The van der Waals surface area contributed by atoms with Crippen molar-refractivity contribution in [2.24, 2.45) is 0 Å². The summed E-state index contributed by atoms with van der Waals surface area (Å²) in [5, 5.41) is -8.08. The van der Waals surface area contributed by atoms with E-state index >= 15 is 0 Å². The smallest absolute Gasteiger partial charge is 0.743 e. The molecule has 1 atom stereocenters. The third kappa shape index (κ3) is 5.20. The molecular weight excluding hydrogens is 615 g/mol. The topological polar surface area (TPSA) is 57.2 Å². The molecular formula is C11H3F20NaO3S. The van der Waals surface area contributed by atoms with Crippen molar-refractivity contribution in [3.05, 3.63) is 0 Å². The zero-order valence-corrected chi connectivity index (χ0v) is 18.8. The van der Waals surface area contributed by atoms with Crippen LogP contribution in [-0.4, -0.2) is 72.0 Å². The van der Waals surface area contributed by atoms with Crippen LogP contribution in [0.3, 0.4) is 0 Å². The van der Waals surface area contributed by atoms with E-state index in [1.165, 1.54) is 0 Å². The fourth-order valence-electron chi connectivity index (χ4n) is 1.87. The van der Waals surface area contributed by atoms with Gasteiger partial charge in [-0.2, -0.15) is 83.4 Å². The molecule has 36 heavy (non-hydrogen) atoms. The SMILES string of the molecule is O=S(=O)([O-])C(F)(F)C(F)(F)C(F)(F)C(F)(F)C(F)(F)C(F)(F)C(F)(F)C(F)(F)C(F)CC(F)(F)F.[Na+]. The van der Waals surface area contributed by atoms with Gasteiger partial charge in [-0.3, -0.25) is 0 Å². The third-order valence-corrected chi connectivity index (χ3v) is 4.76. The molecule has 0 aliphatic heterocycles. The molecule has 0 N–H and O–H groups in total. The standard InChI is InChI=1S/C11H4F20O3S.Na/c12-2(1-3(13,14)15)4(16,17)5(18,19)6(20,21)7(22,23)8(24,25)9(26,27)10(28,29)11(30,31)35(32,33)34;/h2H,1H2,(H,32,33,34);/q;+1/p-1. The zero-order chi connectivity index (χ0) is 29.3. The van der Waals surface area contributed by atoms with Gasteiger partial charge in [-0.1, -0.05) is 0 Å². The van der Waals surface area contributed by atoms with Gasteiger partial charge in [-0.15, -0.1) is 0 Å². The first kappa shape index (κ1) is 37.7. The van der Waals surface area contributed by atoms with Crippen LogP contribution in [-0.2, 0) is 10.1 Å². The second kappa shape index (κ2) is 9.61. The molecule has 0 radical (unpaired) electrons. The maximum Gasteiger partial charge on any atom is 1.00 e. The van der Waals surface area contributed by atoms with Crippen LogP contribution in [0.5, 0.6) is 0 Å². The minimum atomic E-state index is -9.13. The van der Waals surface area contributed by atoms with E-state index in [2.05, 4.69) is 0 Å². The maximum absolute atomic E-state index is 13.4. The number of rotatable bonds is 10. The van der Waals surface area contributed by atoms with Gasteiger partial charge in [0.2, 0.25) is 0 Å². The molecule has 212 valence electrons. The molecule has 0 heterocycles. The molecule has 0 fully saturated rings. The van der Waals surface area contributed by atoms with Gasteiger partial charge in [-0.25, -0.2) is 12.8 Å². The van der Waals surface area contributed by atoms with Crippen molar-refractivity contribution in [1.29, 1.82) is 0 Å². The second-order valence-corrected chi connectivity index (χ2v) is 7.75. The van der Waals surface area contributed by atoms with E-state index in [1.807, 2.05) is 0 Å². The first-order valence-electron chi connectivity index (χ1n) is 7.31. The van der Waals surface area contributed by atoms with Crippen LogP contribution in [0.25, 0.3) is 0 Å². The Labute approximate surface area is 206 Å². The first-order valence-corrected chi connectivity index (χ1v) is 8.72. The van der Waals surface area contributed by atoms with Gasteiger partial charge in [0.1, 0.15) is 0 Å². The Balaban J connectivity index is 0. The summed E-state index contributed by atoms with van der Waals surface area (Å²) in [5.74, 6) is -61.3. The summed E-state index contributed by atoms with van der Waals surface area (Å²) in [6, 6.07) is 0. The van der Waals surface area contributed by atoms with E-state index in [0.717, 1.165) is 0 Å². The van der Waals surface area contributed by atoms with Gasteiger partial charge in [0.05, 0.1) is 6.42 Å². The van der Waals surface area contributed by atoms with Crippen molar-refractivity contribution in [3.63, 3.8) is 0 Å². The second-order valence-electron chi connectivity index (χ2n) is 6.33. The van der Waals surface area contributed by atoms with E-state index in [1.54, 1.807) is 0 Å². The molecule has 0 aliphatic rings. The minimum Gasteiger partial charge on any atom is -0.743 e. The van der Waals surface area contributed by atoms with E-state index in [9.17, 15) is 101 Å². The van der Waals surface area contributed by atoms with Crippen LogP contribution in [0.15, 0.2) is 0 Å². The molecule has 0 spiro atoms. The fraction of sp³-hybridized carbons (Fsp3) is 1.00. The Morgan fingerprint density at radius 1 is 0.528 bits per heavy atom. The van der Waals surface area contributed by atoms with Crippen LogP contribution >= 0.6 is 0 Å². The third-order valence-electron chi connectivity index (χ3n) is 3.87. The van der Waals surface area contributed by atoms with Crippen molar-refractivity contribution in [1.82, 2.24) is 0 Å². The van der Waals surface area contributed by atoms with Crippen LogP contribution < -0.4 is 29.6 Å². The average molecular weight is 618 g/mol. The Hall–Kier alpha value is -0.490. The Morgan fingerprint density at radius 3 is 1.03 bits per heavy atom. The van der Waals surface area contributed by atoms with Crippen molar-refractivity contribution >= 4 is 10.1 Å². The summed E-state index contributed by atoms with van der Waals surface area (Å²) in [4.78, 5) is 0. The molecule has 0 aromatic heterocycles. The van der Waals surface area contributed by atoms with Gasteiger partial charge < -0.3 is 4.55 Å². The van der Waals surface area contributed by atoms with Crippen molar-refractivity contribution in [3.8, 4) is 0 Å². The zero-order valence-electron chi connectivity index (χ0n) is 16.0. The van der Waals surface area contributed by atoms with Gasteiger partial charge in [0.25, 0.3) is 0 Å². The minimum absolute atomic E-state index is 0. The summed E-state index contributed by atoms with van der Waals surface area (Å²) in [6.07, 6.45) is -15.9. The average Bonchev–Trinajstić information content (AvgIpc) is 2.57. The number of hydrogen-bond acceptors (Lipinski definition) is 3. The van der Waals surface area contributed by atoms with Crippen LogP contribution in [0.2, 0.25) is 0 Å². The number of hydrogen-bond donors (Lipinski definition) is 0. The molecule has 0 aromatic carbocycles. The predicted octanol–water partition coefficient (Wildman–Crippen LogP) is 2.87. The van der Waals surface area contributed by atoms with E-state index in [4.69, 9.17) is 0 Å². The normalized spacial score (nSPS) is 17.0. The maximum atomic E-state index is 13.4. The molecule has 0 saturated carbocycles. The molecule has 0 bridgehead atoms. The summed E-state index contributed by atoms with van der Waals surface area (Å²) in [5.41, 5.74) is 0. The Morgan fingerprint density at radius 2 is 0.778 bits per heavy atom. The van der Waals surface area contributed by atoms with Crippen LogP contribution in [0.1, 0.15) is 6.42 Å². The van der Waals surface area contributed by atoms with Gasteiger partial charge in [0.15, 0.2) is 16.3 Å². The summed E-state index contributed by atoms with van der Waals surface area (Å²) >= 11 is 0. The van der Waals surface area contributed by atoms with Crippen LogP contribution in [0, 0.1) is 0 Å². The summed E-state index contributed by atoms with van der Waals surface area (Å²) < 4.78 is 290. The predicted molar refractivity (Wildman–Crippen MR) is 64.8 cm³/mol. The van der Waals surface area contributed by atoms with Crippen molar-refractivity contribution in [2.45, 2.75) is 65.5 Å². The monoisotopic (exact) mass is 618 g/mol. The molecule has 3 nitrogen and oxygen atoms in total. The quantitative estimate of drug-likeness (QED) is 0.215. The largest absolute Gasteiger partial charge is 1.00 e. The molecule has 0 aliphatic carbocycles. The van der Waals surface area contributed by atoms with Crippen molar-refractivity contribution < 1.29 is 130 Å². The fourth-order valence-corrected chi connectivity index (χ4v) is 2.31. The number of halogens is 20. The molecule has 25 heteroatoms. The van der Waals surface area contributed by atoms with Gasteiger partial charge >= 0.3 is 82.4 Å². The molecule has 0 rings (SSSR count). The van der Waals surface area contributed by atoms with Crippen LogP contribution in [0.4, 0.5) is 87.8 Å². The molecule has 0 aromatic rings. The Bertz CT molecular complexity index is 893. The van der Waals surface area contributed by atoms with Gasteiger partial charge in [-0.05, 0) is 0 Å². The van der Waals surface area contributed by atoms with Gasteiger partial charge in [0, 0.05) is 0 Å². The molecule has 0 saturated heterocycles. The van der Waals surface area contributed by atoms with E-state index in [-0.39, 0.29) is 29.6 Å². The molecule has 1 unspecified atom stereocenters. The summed E-state index contributed by atoms with van der Waals surface area (Å²) in [7, 11) is -8.27. The first-order chi connectivity index (χ1) is 14.6. The van der Waals surface area contributed by atoms with E-state index < -0.39 is 75.6 Å². The van der Waals surface area contributed by atoms with E-state index in [0.29, 0.717) is 0 Å².